The van der Waals surface area contributed by atoms with Crippen LogP contribution in [-0.4, -0.2) is 20.0 Å². The van der Waals surface area contributed by atoms with Gasteiger partial charge in [0, 0.05) is 23.6 Å². The molecule has 0 aromatic heterocycles. The first-order valence-corrected chi connectivity index (χ1v) is 8.55. The molecule has 0 bridgehead atoms. The molecular weight excluding hydrogens is 515 g/mol. The number of ketones is 1. The van der Waals surface area contributed by atoms with E-state index in [0.717, 1.165) is 8.04 Å². The molecule has 0 heterocycles. The summed E-state index contributed by atoms with van der Waals surface area (Å²) in [5.41, 5.74) is 1.13. The van der Waals surface area contributed by atoms with Crippen LogP contribution in [0.3, 0.4) is 0 Å². The van der Waals surface area contributed by atoms with Gasteiger partial charge in [-0.1, -0.05) is 15.9 Å². The fraction of sp³-hybridized carbons (Fsp3) is 0.133. The number of rotatable bonds is 4. The molecule has 0 aliphatic carbocycles. The zero-order valence-corrected chi connectivity index (χ0v) is 16.6. The number of carbonyl (C=O) groups is 1. The molecule has 0 N–H and O–H groups in total. The van der Waals surface area contributed by atoms with E-state index < -0.39 is 0 Å². The van der Waals surface area contributed by atoms with E-state index >= 15 is 0 Å². The Hall–Kier alpha value is -0.600. The summed E-state index contributed by atoms with van der Waals surface area (Å²) in [5.74, 6) is 1.00. The van der Waals surface area contributed by atoms with E-state index in [1.54, 1.807) is 26.4 Å². The normalized spacial score (nSPS) is 10.3. The van der Waals surface area contributed by atoms with Crippen molar-refractivity contribution in [2.24, 2.45) is 0 Å². The second-order valence-corrected chi connectivity index (χ2v) is 7.09. The van der Waals surface area contributed by atoms with E-state index in [9.17, 15) is 4.79 Å². The maximum atomic E-state index is 12.7. The molecule has 0 atom stereocenters. The van der Waals surface area contributed by atoms with Gasteiger partial charge >= 0.3 is 0 Å². The highest BCUT2D eigenvalue weighted by molar-refractivity contribution is 14.1. The van der Waals surface area contributed by atoms with E-state index in [4.69, 9.17) is 9.47 Å². The van der Waals surface area contributed by atoms with Gasteiger partial charge in [0.15, 0.2) is 17.3 Å². The molecule has 2 aromatic carbocycles. The van der Waals surface area contributed by atoms with E-state index in [-0.39, 0.29) is 5.78 Å². The van der Waals surface area contributed by atoms with Crippen molar-refractivity contribution in [3.63, 3.8) is 0 Å². The van der Waals surface area contributed by atoms with Gasteiger partial charge in [-0.05, 0) is 68.9 Å². The quantitative estimate of drug-likeness (QED) is 0.413. The van der Waals surface area contributed by atoms with Crippen molar-refractivity contribution in [2.75, 3.05) is 14.2 Å². The van der Waals surface area contributed by atoms with E-state index in [2.05, 4.69) is 54.5 Å². The Morgan fingerprint density at radius 2 is 1.52 bits per heavy atom. The first-order valence-electron chi connectivity index (χ1n) is 5.89. The summed E-state index contributed by atoms with van der Waals surface area (Å²) >= 11 is 9.02. The van der Waals surface area contributed by atoms with Crippen molar-refractivity contribution in [1.29, 1.82) is 0 Å². The van der Waals surface area contributed by atoms with E-state index in [1.165, 1.54) is 0 Å². The number of halogens is 3. The highest BCUT2D eigenvalue weighted by Gasteiger charge is 2.19. The minimum atomic E-state index is -0.0896. The molecule has 6 heteroatoms. The largest absolute Gasteiger partial charge is 0.493 e. The van der Waals surface area contributed by atoms with Crippen LogP contribution in [0.1, 0.15) is 15.9 Å². The summed E-state index contributed by atoms with van der Waals surface area (Å²) in [5, 5.41) is 0. The number of benzene rings is 2. The molecule has 0 aliphatic heterocycles. The van der Waals surface area contributed by atoms with Crippen molar-refractivity contribution in [3.05, 3.63) is 54.0 Å². The van der Waals surface area contributed by atoms with Crippen molar-refractivity contribution in [2.45, 2.75) is 0 Å². The first kappa shape index (κ1) is 16.8. The van der Waals surface area contributed by atoms with Crippen LogP contribution in [0.2, 0.25) is 0 Å². The molecule has 21 heavy (non-hydrogen) atoms. The molecular formula is C15H11Br2IO3. The standard InChI is InChI=1S/C15H11Br2IO3/c1-20-13-6-10(12(17)7-14(13)21-2)15(19)9-5-8(18)3-4-11(9)16/h3-7H,1-2H3. The number of hydrogen-bond acceptors (Lipinski definition) is 3. The smallest absolute Gasteiger partial charge is 0.195 e. The third-order valence-electron chi connectivity index (χ3n) is 2.89. The van der Waals surface area contributed by atoms with Crippen molar-refractivity contribution >= 4 is 60.2 Å². The Bertz CT molecular complexity index is 702. The lowest BCUT2D eigenvalue weighted by molar-refractivity contribution is 0.103. The average Bonchev–Trinajstić information content (AvgIpc) is 2.48. The minimum absolute atomic E-state index is 0.0896. The van der Waals surface area contributed by atoms with Crippen LogP contribution in [0.15, 0.2) is 39.3 Å². The van der Waals surface area contributed by atoms with E-state index in [1.807, 2.05) is 18.2 Å². The van der Waals surface area contributed by atoms with Gasteiger partial charge in [0.05, 0.1) is 14.2 Å². The average molecular weight is 526 g/mol. The fourth-order valence-corrected chi connectivity index (χ4v) is 3.27. The molecule has 110 valence electrons. The first-order chi connectivity index (χ1) is 9.97. The molecule has 2 aromatic rings. The third kappa shape index (κ3) is 3.60. The van der Waals surface area contributed by atoms with Gasteiger partial charge in [-0.2, -0.15) is 0 Å². The Morgan fingerprint density at radius 1 is 0.952 bits per heavy atom. The van der Waals surface area contributed by atoms with Crippen LogP contribution < -0.4 is 9.47 Å². The fourth-order valence-electron chi connectivity index (χ4n) is 1.84. The van der Waals surface area contributed by atoms with Gasteiger partial charge in [0.2, 0.25) is 0 Å². The molecule has 0 unspecified atom stereocenters. The van der Waals surface area contributed by atoms with Crippen LogP contribution in [0.4, 0.5) is 0 Å². The molecule has 0 saturated carbocycles. The van der Waals surface area contributed by atoms with Crippen LogP contribution in [0, 0.1) is 3.57 Å². The number of ether oxygens (including phenoxy) is 2. The molecule has 0 spiro atoms. The van der Waals surface area contributed by atoms with Gasteiger partial charge in [0.25, 0.3) is 0 Å². The Morgan fingerprint density at radius 3 is 2.14 bits per heavy atom. The topological polar surface area (TPSA) is 35.5 Å². The third-order valence-corrected chi connectivity index (χ3v) is 4.91. The predicted octanol–water partition coefficient (Wildman–Crippen LogP) is 5.06. The maximum absolute atomic E-state index is 12.7. The molecule has 0 saturated heterocycles. The lowest BCUT2D eigenvalue weighted by Crippen LogP contribution is -2.05. The summed E-state index contributed by atoms with van der Waals surface area (Å²) < 4.78 is 12.9. The van der Waals surface area contributed by atoms with Crippen LogP contribution in [-0.2, 0) is 0 Å². The predicted molar refractivity (Wildman–Crippen MR) is 97.5 cm³/mol. The zero-order chi connectivity index (χ0) is 15.6. The van der Waals surface area contributed by atoms with Crippen molar-refractivity contribution in [1.82, 2.24) is 0 Å². The summed E-state index contributed by atoms with van der Waals surface area (Å²) in [4.78, 5) is 12.7. The van der Waals surface area contributed by atoms with Gasteiger partial charge in [0.1, 0.15) is 0 Å². The van der Waals surface area contributed by atoms with Gasteiger partial charge < -0.3 is 9.47 Å². The van der Waals surface area contributed by atoms with E-state index in [0.29, 0.717) is 27.1 Å². The second-order valence-electron chi connectivity index (χ2n) is 4.14. The van der Waals surface area contributed by atoms with Crippen molar-refractivity contribution < 1.29 is 14.3 Å². The highest BCUT2D eigenvalue weighted by atomic mass is 127. The molecule has 0 fully saturated rings. The van der Waals surface area contributed by atoms with Gasteiger partial charge in [-0.25, -0.2) is 0 Å². The Labute approximate surface area is 153 Å². The summed E-state index contributed by atoms with van der Waals surface area (Å²) in [6.07, 6.45) is 0. The van der Waals surface area contributed by atoms with Gasteiger partial charge in [-0.3, -0.25) is 4.79 Å². The Kier molecular flexibility index (Phi) is 5.67. The number of hydrogen-bond donors (Lipinski definition) is 0. The SMILES string of the molecule is COc1cc(Br)c(C(=O)c2cc(I)ccc2Br)cc1OC. The van der Waals surface area contributed by atoms with Crippen molar-refractivity contribution in [3.8, 4) is 11.5 Å². The lowest BCUT2D eigenvalue weighted by atomic mass is 10.0. The summed E-state index contributed by atoms with van der Waals surface area (Å²) in [6.45, 7) is 0. The monoisotopic (exact) mass is 524 g/mol. The molecule has 2 rings (SSSR count). The summed E-state index contributed by atoms with van der Waals surface area (Å²) in [7, 11) is 3.10. The van der Waals surface area contributed by atoms with Crippen LogP contribution in [0.25, 0.3) is 0 Å². The number of methoxy groups -OCH3 is 2. The van der Waals surface area contributed by atoms with Crippen LogP contribution >= 0.6 is 54.5 Å². The molecule has 0 amide bonds. The van der Waals surface area contributed by atoms with Gasteiger partial charge in [-0.15, -0.1) is 0 Å². The van der Waals surface area contributed by atoms with Crippen LogP contribution in [0.5, 0.6) is 11.5 Å². The number of carbonyl (C=O) groups excluding carboxylic acids is 1. The molecule has 0 aliphatic rings. The molecule has 0 radical (unpaired) electrons. The zero-order valence-electron chi connectivity index (χ0n) is 11.2. The summed E-state index contributed by atoms with van der Waals surface area (Å²) in [6, 6.07) is 9.05. The maximum Gasteiger partial charge on any atom is 0.195 e. The minimum Gasteiger partial charge on any atom is -0.493 e. The second kappa shape index (κ2) is 7.11. The lowest BCUT2D eigenvalue weighted by Gasteiger charge is -2.12. The highest BCUT2D eigenvalue weighted by Crippen LogP contribution is 2.35. The molecule has 3 nitrogen and oxygen atoms in total. The Balaban J connectivity index is 2.55.